The van der Waals surface area contributed by atoms with E-state index in [9.17, 15) is 9.59 Å². The Bertz CT molecular complexity index is 603. The van der Waals surface area contributed by atoms with Crippen LogP contribution in [-0.2, 0) is 20.7 Å². The van der Waals surface area contributed by atoms with E-state index in [1.165, 1.54) is 5.56 Å². The quantitative estimate of drug-likeness (QED) is 0.324. The Morgan fingerprint density at radius 2 is 1.96 bits per heavy atom. The number of nitrogens with one attached hydrogen (secondary N) is 2. The van der Waals surface area contributed by atoms with Crippen molar-refractivity contribution in [2.45, 2.75) is 20.3 Å². The fourth-order valence-electron chi connectivity index (χ4n) is 1.54. The van der Waals surface area contributed by atoms with Gasteiger partial charge in [0.15, 0.2) is 12.2 Å². The van der Waals surface area contributed by atoms with E-state index in [1.807, 2.05) is 19.1 Å². The minimum Gasteiger partial charge on any atom is -0.484 e. The van der Waals surface area contributed by atoms with Crippen LogP contribution in [-0.4, -0.2) is 25.1 Å². The monoisotopic (exact) mass is 317 g/mol. The Balaban J connectivity index is 2.38. The van der Waals surface area contributed by atoms with Crippen LogP contribution < -0.4 is 15.6 Å². The highest BCUT2D eigenvalue weighted by Gasteiger charge is 2.09. The molecule has 0 saturated heterocycles. The molecule has 0 heterocycles. The summed E-state index contributed by atoms with van der Waals surface area (Å²) >= 11 is 0. The second kappa shape index (κ2) is 9.84. The third kappa shape index (κ3) is 6.52. The number of hydrazine groups is 1. The Hall–Kier alpha value is -3.01. The van der Waals surface area contributed by atoms with E-state index < -0.39 is 11.9 Å². The van der Waals surface area contributed by atoms with E-state index >= 15 is 0 Å². The Morgan fingerprint density at radius 3 is 2.52 bits per heavy atom. The molecule has 23 heavy (non-hydrogen) atoms. The van der Waals surface area contributed by atoms with Crippen molar-refractivity contribution in [1.29, 1.82) is 5.26 Å². The molecule has 7 nitrogen and oxygen atoms in total. The molecule has 7 heteroatoms. The van der Waals surface area contributed by atoms with Crippen LogP contribution in [0.2, 0.25) is 0 Å². The van der Waals surface area contributed by atoms with Crippen molar-refractivity contribution in [2.24, 2.45) is 0 Å². The molecular weight excluding hydrogens is 298 g/mol. The summed E-state index contributed by atoms with van der Waals surface area (Å²) in [6.07, 6.45) is 1.99. The average Bonchev–Trinajstić information content (AvgIpc) is 2.57. The number of nitriles is 1. The zero-order chi connectivity index (χ0) is 17.1. The molecule has 0 aromatic heterocycles. The van der Waals surface area contributed by atoms with Crippen molar-refractivity contribution in [3.05, 3.63) is 41.6 Å². The van der Waals surface area contributed by atoms with Crippen molar-refractivity contribution in [2.75, 3.05) is 13.2 Å². The van der Waals surface area contributed by atoms with Gasteiger partial charge in [0.2, 0.25) is 0 Å². The molecule has 0 saturated carbocycles. The Labute approximate surface area is 134 Å². The average molecular weight is 317 g/mol. The van der Waals surface area contributed by atoms with Gasteiger partial charge < -0.3 is 14.9 Å². The van der Waals surface area contributed by atoms with Gasteiger partial charge in [-0.25, -0.2) is 4.79 Å². The minimum absolute atomic E-state index is 0.162. The summed E-state index contributed by atoms with van der Waals surface area (Å²) in [5.41, 5.74) is 5.58. The molecule has 0 spiro atoms. The molecule has 0 bridgehead atoms. The van der Waals surface area contributed by atoms with E-state index in [1.54, 1.807) is 25.1 Å². The van der Waals surface area contributed by atoms with E-state index in [0.717, 1.165) is 12.6 Å². The van der Waals surface area contributed by atoms with E-state index in [0.29, 0.717) is 5.75 Å². The van der Waals surface area contributed by atoms with Gasteiger partial charge in [-0.05, 0) is 31.0 Å². The maximum Gasteiger partial charge on any atom is 0.350 e. The molecule has 1 aromatic rings. The molecule has 0 atom stereocenters. The van der Waals surface area contributed by atoms with Crippen molar-refractivity contribution in [3.8, 4) is 11.8 Å². The van der Waals surface area contributed by atoms with Crippen LogP contribution in [0.4, 0.5) is 0 Å². The van der Waals surface area contributed by atoms with Gasteiger partial charge in [0.05, 0.1) is 6.61 Å². The van der Waals surface area contributed by atoms with Gasteiger partial charge in [-0.2, -0.15) is 5.26 Å². The number of carbonyl (C=O) groups is 2. The highest BCUT2D eigenvalue weighted by molar-refractivity contribution is 5.92. The number of nitrogens with zero attached hydrogens (tertiary/aromatic N) is 1. The SMILES string of the molecule is CCOC(=O)/C(C#N)=C/NNC(=O)COc1ccc(CC)cc1. The molecule has 0 radical (unpaired) electrons. The zero-order valence-electron chi connectivity index (χ0n) is 13.1. The number of carbonyl (C=O) groups excluding carboxylic acids is 2. The highest BCUT2D eigenvalue weighted by atomic mass is 16.5. The summed E-state index contributed by atoms with van der Waals surface area (Å²) in [6.45, 7) is 3.64. The zero-order valence-corrected chi connectivity index (χ0v) is 13.1. The largest absolute Gasteiger partial charge is 0.484 e. The molecule has 0 unspecified atom stereocenters. The molecule has 1 amide bonds. The second-order valence-corrected chi connectivity index (χ2v) is 4.37. The topological polar surface area (TPSA) is 100 Å². The van der Waals surface area contributed by atoms with Crippen molar-refractivity contribution in [3.63, 3.8) is 0 Å². The summed E-state index contributed by atoms with van der Waals surface area (Å²) in [5.74, 6) is -0.636. The lowest BCUT2D eigenvalue weighted by Gasteiger charge is -2.08. The minimum atomic E-state index is -0.760. The van der Waals surface area contributed by atoms with Gasteiger partial charge in [0, 0.05) is 6.20 Å². The van der Waals surface area contributed by atoms with Crippen LogP contribution in [0.5, 0.6) is 5.75 Å². The van der Waals surface area contributed by atoms with Crippen LogP contribution in [0.15, 0.2) is 36.0 Å². The van der Waals surface area contributed by atoms with Gasteiger partial charge in [0.25, 0.3) is 5.91 Å². The highest BCUT2D eigenvalue weighted by Crippen LogP contribution is 2.12. The summed E-state index contributed by atoms with van der Waals surface area (Å²) in [7, 11) is 0. The van der Waals surface area contributed by atoms with Crippen LogP contribution in [0, 0.1) is 11.3 Å². The molecule has 0 aliphatic carbocycles. The van der Waals surface area contributed by atoms with E-state index in [-0.39, 0.29) is 18.8 Å². The molecule has 1 rings (SSSR count). The normalized spacial score (nSPS) is 10.4. The Morgan fingerprint density at radius 1 is 1.26 bits per heavy atom. The van der Waals surface area contributed by atoms with Gasteiger partial charge >= 0.3 is 5.97 Å². The van der Waals surface area contributed by atoms with E-state index in [4.69, 9.17) is 10.00 Å². The van der Waals surface area contributed by atoms with Crippen molar-refractivity contribution in [1.82, 2.24) is 10.9 Å². The lowest BCUT2D eigenvalue weighted by Crippen LogP contribution is -2.37. The third-order valence-electron chi connectivity index (χ3n) is 2.75. The number of hydrogen-bond acceptors (Lipinski definition) is 6. The number of ether oxygens (including phenoxy) is 2. The fourth-order valence-corrected chi connectivity index (χ4v) is 1.54. The van der Waals surface area contributed by atoms with Gasteiger partial charge in [-0.1, -0.05) is 19.1 Å². The third-order valence-corrected chi connectivity index (χ3v) is 2.75. The second-order valence-electron chi connectivity index (χ2n) is 4.37. The summed E-state index contributed by atoms with van der Waals surface area (Å²) in [6, 6.07) is 9.09. The van der Waals surface area contributed by atoms with Crippen LogP contribution in [0.1, 0.15) is 19.4 Å². The molecule has 0 fully saturated rings. The van der Waals surface area contributed by atoms with Gasteiger partial charge in [-0.3, -0.25) is 10.2 Å². The lowest BCUT2D eigenvalue weighted by atomic mass is 10.2. The molecule has 122 valence electrons. The summed E-state index contributed by atoms with van der Waals surface area (Å²) in [4.78, 5) is 22.9. The maximum absolute atomic E-state index is 11.6. The first-order chi connectivity index (χ1) is 11.1. The van der Waals surface area contributed by atoms with Crippen molar-refractivity contribution < 1.29 is 19.1 Å². The fraction of sp³-hybridized carbons (Fsp3) is 0.312. The molecule has 1 aromatic carbocycles. The number of rotatable bonds is 8. The number of hydrogen-bond donors (Lipinski definition) is 2. The van der Waals surface area contributed by atoms with Crippen LogP contribution in [0.3, 0.4) is 0 Å². The molecule has 2 N–H and O–H groups in total. The number of amides is 1. The molecule has 0 aliphatic heterocycles. The predicted octanol–water partition coefficient (Wildman–Crippen LogP) is 1.22. The predicted molar refractivity (Wildman–Crippen MR) is 82.9 cm³/mol. The first kappa shape index (κ1) is 18.0. The smallest absolute Gasteiger partial charge is 0.350 e. The maximum atomic E-state index is 11.6. The van der Waals surface area contributed by atoms with Gasteiger partial charge in [-0.15, -0.1) is 0 Å². The standard InChI is InChI=1S/C16H19N3O4/c1-3-12-5-7-14(8-6-12)23-11-15(20)19-18-10-13(9-17)16(21)22-4-2/h5-8,10,18H,3-4,11H2,1-2H3,(H,19,20)/b13-10+. The molecular formula is C16H19N3O4. The molecule has 0 aliphatic rings. The number of aryl methyl sites for hydroxylation is 1. The number of benzene rings is 1. The van der Waals surface area contributed by atoms with Crippen LogP contribution >= 0.6 is 0 Å². The summed E-state index contributed by atoms with van der Waals surface area (Å²) < 4.78 is 9.98. The van der Waals surface area contributed by atoms with E-state index in [2.05, 4.69) is 15.6 Å². The first-order valence-electron chi connectivity index (χ1n) is 7.14. The lowest BCUT2D eigenvalue weighted by molar-refractivity contribution is -0.138. The first-order valence-corrected chi connectivity index (χ1v) is 7.14. The Kier molecular flexibility index (Phi) is 7.72. The number of esters is 1. The van der Waals surface area contributed by atoms with Crippen molar-refractivity contribution >= 4 is 11.9 Å². The van der Waals surface area contributed by atoms with Gasteiger partial charge in [0.1, 0.15) is 11.8 Å². The van der Waals surface area contributed by atoms with Crippen LogP contribution in [0.25, 0.3) is 0 Å². The summed E-state index contributed by atoms with van der Waals surface area (Å²) in [5, 5.41) is 8.79.